The number of carbonyl (C=O) groups excluding carboxylic acids is 2. The van der Waals surface area contributed by atoms with E-state index in [0.29, 0.717) is 54.3 Å². The van der Waals surface area contributed by atoms with Gasteiger partial charge in [0.1, 0.15) is 17.9 Å². The van der Waals surface area contributed by atoms with Gasteiger partial charge in [-0.15, -0.1) is 6.42 Å². The van der Waals surface area contributed by atoms with Crippen molar-refractivity contribution in [2.75, 3.05) is 20.3 Å². The number of ketones is 1. The maximum absolute atomic E-state index is 12.8. The number of hydrogen-bond acceptors (Lipinski definition) is 7. The van der Waals surface area contributed by atoms with Gasteiger partial charge in [-0.25, -0.2) is 4.79 Å². The van der Waals surface area contributed by atoms with Crippen molar-refractivity contribution >= 4 is 34.3 Å². The molecule has 0 aromatic heterocycles. The van der Waals surface area contributed by atoms with E-state index in [0.717, 1.165) is 3.57 Å². The van der Waals surface area contributed by atoms with Crippen molar-refractivity contribution < 1.29 is 28.5 Å². The average molecular weight is 523 g/mol. The average Bonchev–Trinajstić information content (AvgIpc) is 2.72. The maximum atomic E-state index is 12.8. The molecule has 0 saturated carbocycles. The Morgan fingerprint density at radius 3 is 2.80 bits per heavy atom. The van der Waals surface area contributed by atoms with E-state index in [9.17, 15) is 9.59 Å². The molecule has 1 aromatic carbocycles. The van der Waals surface area contributed by atoms with Gasteiger partial charge in [-0.05, 0) is 53.6 Å². The van der Waals surface area contributed by atoms with Crippen LogP contribution in [0.5, 0.6) is 11.5 Å². The molecule has 0 amide bonds. The standard InChI is InChI=1S/C22H22INO6/c1-4-9-29-20-13(23)10-12(11-16(20)28-5-2)17-18-14(25)7-6-8-15(18)30-21(24)19(17)22(26)27-3/h1,10-11,17H,5-9,24H2,2-3H3/t17-/m0/s1. The van der Waals surface area contributed by atoms with Crippen LogP contribution in [0.3, 0.4) is 0 Å². The van der Waals surface area contributed by atoms with Crippen molar-refractivity contribution in [2.24, 2.45) is 5.73 Å². The van der Waals surface area contributed by atoms with E-state index >= 15 is 0 Å². The highest BCUT2D eigenvalue weighted by molar-refractivity contribution is 14.1. The lowest BCUT2D eigenvalue weighted by molar-refractivity contribution is -0.136. The van der Waals surface area contributed by atoms with Crippen LogP contribution in [-0.4, -0.2) is 32.1 Å². The van der Waals surface area contributed by atoms with Crippen molar-refractivity contribution in [1.29, 1.82) is 0 Å². The molecule has 0 radical (unpaired) electrons. The Kier molecular flexibility index (Phi) is 6.92. The molecule has 8 heteroatoms. The molecule has 7 nitrogen and oxygen atoms in total. The number of allylic oxidation sites excluding steroid dienone is 2. The minimum atomic E-state index is -0.719. The molecule has 1 aromatic rings. The number of Topliss-reactive ketones (excluding diaryl/α,β-unsaturated/α-hetero) is 1. The highest BCUT2D eigenvalue weighted by atomic mass is 127. The summed E-state index contributed by atoms with van der Waals surface area (Å²) in [5.41, 5.74) is 7.29. The smallest absolute Gasteiger partial charge is 0.340 e. The van der Waals surface area contributed by atoms with E-state index in [1.54, 1.807) is 6.07 Å². The van der Waals surface area contributed by atoms with Crippen LogP contribution in [0.25, 0.3) is 0 Å². The minimum absolute atomic E-state index is 0.0547. The van der Waals surface area contributed by atoms with Crippen molar-refractivity contribution in [2.45, 2.75) is 32.1 Å². The van der Waals surface area contributed by atoms with E-state index in [-0.39, 0.29) is 23.8 Å². The first-order valence-electron chi connectivity index (χ1n) is 9.47. The van der Waals surface area contributed by atoms with Gasteiger partial charge in [-0.3, -0.25) is 4.79 Å². The molecule has 3 rings (SSSR count). The quantitative estimate of drug-likeness (QED) is 0.348. The summed E-state index contributed by atoms with van der Waals surface area (Å²) in [7, 11) is 1.26. The molecular weight excluding hydrogens is 501 g/mol. The summed E-state index contributed by atoms with van der Waals surface area (Å²) >= 11 is 2.11. The van der Waals surface area contributed by atoms with Crippen LogP contribution in [0.4, 0.5) is 0 Å². The number of nitrogens with two attached hydrogens (primary N) is 1. The summed E-state index contributed by atoms with van der Waals surface area (Å²) in [5, 5.41) is 0. The van der Waals surface area contributed by atoms with Crippen LogP contribution in [0, 0.1) is 15.9 Å². The zero-order chi connectivity index (χ0) is 21.8. The number of rotatable bonds is 6. The van der Waals surface area contributed by atoms with E-state index in [4.69, 9.17) is 31.1 Å². The van der Waals surface area contributed by atoms with Crippen molar-refractivity contribution in [3.8, 4) is 23.8 Å². The molecule has 0 spiro atoms. The molecule has 0 bridgehead atoms. The Bertz CT molecular complexity index is 988. The minimum Gasteiger partial charge on any atom is -0.490 e. The molecule has 30 heavy (non-hydrogen) atoms. The molecule has 2 N–H and O–H groups in total. The molecule has 158 valence electrons. The maximum Gasteiger partial charge on any atom is 0.340 e. The van der Waals surface area contributed by atoms with Crippen LogP contribution in [0.2, 0.25) is 0 Å². The molecule has 0 fully saturated rings. The molecule has 1 aliphatic carbocycles. The van der Waals surface area contributed by atoms with E-state index < -0.39 is 11.9 Å². The highest BCUT2D eigenvalue weighted by Gasteiger charge is 2.41. The number of ether oxygens (including phenoxy) is 4. The number of halogens is 1. The van der Waals surface area contributed by atoms with E-state index in [1.807, 2.05) is 13.0 Å². The predicted octanol–water partition coefficient (Wildman–Crippen LogP) is 3.17. The van der Waals surface area contributed by atoms with Crippen LogP contribution < -0.4 is 15.2 Å². The highest BCUT2D eigenvalue weighted by Crippen LogP contribution is 2.46. The Hall–Kier alpha value is -2.67. The van der Waals surface area contributed by atoms with Crippen molar-refractivity contribution in [3.05, 3.63) is 44.1 Å². The van der Waals surface area contributed by atoms with Crippen LogP contribution >= 0.6 is 22.6 Å². The lowest BCUT2D eigenvalue weighted by Gasteiger charge is -2.32. The third-order valence-electron chi connectivity index (χ3n) is 4.85. The molecule has 1 aliphatic heterocycles. The number of terminal acetylenes is 1. The summed E-state index contributed by atoms with van der Waals surface area (Å²) in [6.45, 7) is 2.33. The number of hydrogen-bond donors (Lipinski definition) is 1. The lowest BCUT2D eigenvalue weighted by atomic mass is 9.77. The zero-order valence-corrected chi connectivity index (χ0v) is 18.9. The summed E-state index contributed by atoms with van der Waals surface area (Å²) in [6, 6.07) is 3.57. The number of carbonyl (C=O) groups is 2. The Balaban J connectivity index is 2.21. The largest absolute Gasteiger partial charge is 0.490 e. The van der Waals surface area contributed by atoms with Gasteiger partial charge < -0.3 is 24.7 Å². The number of esters is 1. The van der Waals surface area contributed by atoms with Gasteiger partial charge in [0.15, 0.2) is 17.3 Å². The van der Waals surface area contributed by atoms with E-state index in [2.05, 4.69) is 28.5 Å². The second-order valence-corrected chi connectivity index (χ2v) is 7.84. The molecule has 0 saturated heterocycles. The number of methoxy groups -OCH3 is 1. The Morgan fingerprint density at radius 2 is 2.13 bits per heavy atom. The Labute approximate surface area is 188 Å². The van der Waals surface area contributed by atoms with Gasteiger partial charge in [-0.1, -0.05) is 5.92 Å². The van der Waals surface area contributed by atoms with Crippen LogP contribution in [0.15, 0.2) is 34.9 Å². The van der Waals surface area contributed by atoms with Gasteiger partial charge in [0.25, 0.3) is 0 Å². The van der Waals surface area contributed by atoms with Gasteiger partial charge in [0, 0.05) is 18.4 Å². The first-order chi connectivity index (χ1) is 14.4. The van der Waals surface area contributed by atoms with E-state index in [1.165, 1.54) is 7.11 Å². The van der Waals surface area contributed by atoms with Crippen LogP contribution in [-0.2, 0) is 19.1 Å². The fraction of sp³-hybridized carbons (Fsp3) is 0.364. The molecule has 2 aliphatic rings. The Morgan fingerprint density at radius 1 is 1.37 bits per heavy atom. The predicted molar refractivity (Wildman–Crippen MR) is 118 cm³/mol. The summed E-state index contributed by atoms with van der Waals surface area (Å²) in [6.07, 6.45) is 6.95. The third-order valence-corrected chi connectivity index (χ3v) is 5.66. The summed E-state index contributed by atoms with van der Waals surface area (Å²) in [5.74, 6) is 2.41. The normalized spacial score (nSPS) is 18.3. The summed E-state index contributed by atoms with van der Waals surface area (Å²) in [4.78, 5) is 25.4. The van der Waals surface area contributed by atoms with Crippen molar-refractivity contribution in [1.82, 2.24) is 0 Å². The van der Waals surface area contributed by atoms with Crippen LogP contribution in [0.1, 0.15) is 37.7 Å². The SMILES string of the molecule is C#CCOc1c(I)cc([C@@H]2C(C(=O)OC)=C(N)OC3=C2C(=O)CCC3)cc1OCC. The van der Waals surface area contributed by atoms with Crippen molar-refractivity contribution in [3.63, 3.8) is 0 Å². The monoisotopic (exact) mass is 523 g/mol. The topological polar surface area (TPSA) is 97.1 Å². The zero-order valence-electron chi connectivity index (χ0n) is 16.7. The molecule has 0 unspecified atom stereocenters. The molecule has 1 heterocycles. The second-order valence-electron chi connectivity index (χ2n) is 6.67. The third kappa shape index (κ3) is 4.12. The second kappa shape index (κ2) is 9.43. The fourth-order valence-electron chi connectivity index (χ4n) is 3.67. The fourth-order valence-corrected chi connectivity index (χ4v) is 4.45. The first-order valence-corrected chi connectivity index (χ1v) is 10.5. The number of benzene rings is 1. The van der Waals surface area contributed by atoms with Gasteiger partial charge >= 0.3 is 5.97 Å². The lowest BCUT2D eigenvalue weighted by Crippen LogP contribution is -2.31. The molecular formula is C22H22INO6. The molecule has 1 atom stereocenters. The van der Waals surface area contributed by atoms with Gasteiger partial charge in [0.2, 0.25) is 5.88 Å². The van der Waals surface area contributed by atoms with Gasteiger partial charge in [0.05, 0.1) is 23.2 Å². The summed E-state index contributed by atoms with van der Waals surface area (Å²) < 4.78 is 22.8. The first kappa shape index (κ1) is 22.0. The van der Waals surface area contributed by atoms with Gasteiger partial charge in [-0.2, -0.15) is 0 Å².